The first-order valence-electron chi connectivity index (χ1n) is 17.5. The molecule has 21 N–H and O–H groups in total. The van der Waals surface area contributed by atoms with Crippen LogP contribution in [0.4, 0.5) is 0 Å². The summed E-state index contributed by atoms with van der Waals surface area (Å²) in [7, 11) is 0. The third kappa shape index (κ3) is 7.82. The van der Waals surface area contributed by atoms with Gasteiger partial charge in [-0.2, -0.15) is 0 Å². The highest BCUT2D eigenvalue weighted by Gasteiger charge is 2.74. The molecule has 26 nitrogen and oxygen atoms in total. The summed E-state index contributed by atoms with van der Waals surface area (Å²) in [6.07, 6.45) is -40.7. The van der Waals surface area contributed by atoms with E-state index in [0.717, 1.165) is 0 Å². The van der Waals surface area contributed by atoms with E-state index in [1.165, 1.54) is 0 Å². The molecule has 328 valence electrons. The zero-order valence-electron chi connectivity index (χ0n) is 29.5. The Morgan fingerprint density at radius 1 is 0.643 bits per heavy atom. The number of hydrogen-bond acceptors (Lipinski definition) is 25. The molecular formula is C30H54N2O24. The number of hydrogen-bond donors (Lipinski definition) is 19. The van der Waals surface area contributed by atoms with Crippen LogP contribution in [0.15, 0.2) is 0 Å². The van der Waals surface area contributed by atoms with Crippen molar-refractivity contribution in [3.63, 3.8) is 0 Å². The summed E-state index contributed by atoms with van der Waals surface area (Å²) in [4.78, 5) is 13.6. The fourth-order valence-corrected chi connectivity index (χ4v) is 7.90. The van der Waals surface area contributed by atoms with E-state index >= 15 is 0 Å². The second-order valence-corrected chi connectivity index (χ2v) is 14.3. The van der Waals surface area contributed by atoms with Crippen molar-refractivity contribution < 1.29 is 120 Å². The van der Waals surface area contributed by atoms with E-state index in [1.807, 2.05) is 0 Å². The normalized spacial score (nSPS) is 49.2. The van der Waals surface area contributed by atoms with Crippen molar-refractivity contribution in [2.45, 2.75) is 140 Å². The Kier molecular flexibility index (Phi) is 15.5. The molecular weight excluding hydrogens is 772 g/mol. The highest BCUT2D eigenvalue weighted by atomic mass is 16.7. The lowest BCUT2D eigenvalue weighted by molar-refractivity contribution is -0.401. The lowest BCUT2D eigenvalue weighted by Gasteiger charge is -2.61. The Balaban J connectivity index is 1.86. The van der Waals surface area contributed by atoms with Gasteiger partial charge in [-0.05, 0) is 19.4 Å². The van der Waals surface area contributed by atoms with Gasteiger partial charge >= 0.3 is 5.97 Å². The van der Waals surface area contributed by atoms with Gasteiger partial charge in [-0.25, -0.2) is 0 Å². The quantitative estimate of drug-likeness (QED) is 0.0729. The van der Waals surface area contributed by atoms with Crippen LogP contribution >= 0.6 is 0 Å². The van der Waals surface area contributed by atoms with Gasteiger partial charge in [0.05, 0.1) is 26.4 Å². The third-order valence-electron chi connectivity index (χ3n) is 11.2. The summed E-state index contributed by atoms with van der Waals surface area (Å²) in [6.45, 7) is -5.59. The number of carbonyl (C=O) groups is 1. The number of aliphatic carboxylic acids is 1. The number of aliphatic hydroxyl groups excluding tert-OH is 16. The van der Waals surface area contributed by atoms with Crippen molar-refractivity contribution >= 4 is 5.97 Å². The Hall–Kier alpha value is -1.49. The molecule has 4 fully saturated rings. The van der Waals surface area contributed by atoms with Crippen LogP contribution in [0.3, 0.4) is 0 Å². The second-order valence-electron chi connectivity index (χ2n) is 14.3. The molecule has 0 radical (unpaired) electrons. The number of aliphatic hydroxyl groups is 16. The maximum atomic E-state index is 13.6. The molecule has 0 saturated carbocycles. The lowest BCUT2D eigenvalue weighted by atomic mass is 9.58. The molecule has 26 heteroatoms. The van der Waals surface area contributed by atoms with Gasteiger partial charge in [0.15, 0.2) is 36.3 Å². The molecule has 4 saturated heterocycles. The smallest absolute Gasteiger partial charge is 0.327 e. The standard InChI is InChI=1S/C30H54N2O24/c31-3-1-2-10(28(6-35)21(45)13(39)17(43)25(55-28)53-19-8(4-33)51-23(47)15(41)11(19)37)30(32,27(49)50)29(7-36)22(46)14(40)18(44)26(56-29)54-20-9(5-34)52-24(48)16(42)12(20)38/h8-26,33-48H,1-7,31-32H2,(H,49,50)/t8-,9-,10?,11-,12-,13-,14-,15?,16?,17-,18-,19-,20-,21-,22-,23?,24?,25-,26-,28-,29+,30?/m1/s1. The van der Waals surface area contributed by atoms with Crippen LogP contribution in [-0.2, 0) is 33.2 Å². The lowest BCUT2D eigenvalue weighted by Crippen LogP contribution is -2.85. The van der Waals surface area contributed by atoms with Crippen molar-refractivity contribution in [3.8, 4) is 0 Å². The van der Waals surface area contributed by atoms with Gasteiger partial charge < -0.3 is 127 Å². The predicted molar refractivity (Wildman–Crippen MR) is 171 cm³/mol. The van der Waals surface area contributed by atoms with E-state index in [1.54, 1.807) is 0 Å². The number of ether oxygens (including phenoxy) is 6. The molecule has 0 amide bonds. The van der Waals surface area contributed by atoms with Gasteiger partial charge in [-0.3, -0.25) is 4.79 Å². The van der Waals surface area contributed by atoms with Crippen molar-refractivity contribution in [1.29, 1.82) is 0 Å². The Bertz CT molecular complexity index is 1290. The van der Waals surface area contributed by atoms with Crippen LogP contribution in [0.2, 0.25) is 0 Å². The zero-order valence-corrected chi connectivity index (χ0v) is 29.5. The van der Waals surface area contributed by atoms with Gasteiger partial charge in [0.2, 0.25) is 0 Å². The minimum atomic E-state index is -3.52. The van der Waals surface area contributed by atoms with E-state index in [4.69, 9.17) is 39.9 Å². The number of carboxylic acids is 1. The topological polar surface area (TPSA) is 468 Å². The van der Waals surface area contributed by atoms with E-state index < -0.39 is 172 Å². The van der Waals surface area contributed by atoms with Crippen LogP contribution in [0, 0.1) is 5.92 Å². The van der Waals surface area contributed by atoms with Crippen molar-refractivity contribution in [3.05, 3.63) is 0 Å². The van der Waals surface area contributed by atoms with E-state index in [2.05, 4.69) is 0 Å². The third-order valence-corrected chi connectivity index (χ3v) is 11.2. The Labute approximate surface area is 316 Å². The maximum absolute atomic E-state index is 13.6. The van der Waals surface area contributed by atoms with E-state index in [9.17, 15) is 91.6 Å². The largest absolute Gasteiger partial charge is 0.480 e. The van der Waals surface area contributed by atoms with Crippen LogP contribution in [-0.4, -0.2) is 253 Å². The van der Waals surface area contributed by atoms with E-state index in [-0.39, 0.29) is 13.0 Å². The van der Waals surface area contributed by atoms with Gasteiger partial charge in [0.25, 0.3) is 0 Å². The first-order chi connectivity index (χ1) is 26.2. The first-order valence-corrected chi connectivity index (χ1v) is 17.5. The monoisotopic (exact) mass is 826 g/mol. The van der Waals surface area contributed by atoms with Gasteiger partial charge in [-0.15, -0.1) is 0 Å². The number of rotatable bonds is 15. The molecule has 0 bridgehead atoms. The van der Waals surface area contributed by atoms with Crippen molar-refractivity contribution in [1.82, 2.24) is 0 Å². The summed E-state index contributed by atoms with van der Waals surface area (Å²) in [5.41, 5.74) is 2.49. The van der Waals surface area contributed by atoms with Crippen LogP contribution in [0.5, 0.6) is 0 Å². The molecule has 56 heavy (non-hydrogen) atoms. The highest BCUT2D eigenvalue weighted by Crippen LogP contribution is 2.50. The summed E-state index contributed by atoms with van der Waals surface area (Å²) >= 11 is 0. The average molecular weight is 827 g/mol. The summed E-state index contributed by atoms with van der Waals surface area (Å²) in [6, 6.07) is 0. The number of nitrogens with two attached hydrogens (primary N) is 2. The minimum absolute atomic E-state index is 0.294. The van der Waals surface area contributed by atoms with E-state index in [0.29, 0.717) is 0 Å². The van der Waals surface area contributed by atoms with Crippen molar-refractivity contribution in [2.24, 2.45) is 17.4 Å². The van der Waals surface area contributed by atoms with Crippen LogP contribution < -0.4 is 11.5 Å². The predicted octanol–water partition coefficient (Wildman–Crippen LogP) is -11.9. The van der Waals surface area contributed by atoms with Gasteiger partial charge in [-0.1, -0.05) is 0 Å². The van der Waals surface area contributed by atoms with Gasteiger partial charge in [0, 0.05) is 5.92 Å². The maximum Gasteiger partial charge on any atom is 0.327 e. The first kappa shape index (κ1) is 47.2. The molecule has 0 spiro atoms. The molecule has 4 aliphatic heterocycles. The molecule has 22 atom stereocenters. The molecule has 0 aromatic carbocycles. The van der Waals surface area contributed by atoms with Crippen molar-refractivity contribution in [2.75, 3.05) is 33.0 Å². The zero-order chi connectivity index (χ0) is 42.2. The Morgan fingerprint density at radius 2 is 1.09 bits per heavy atom. The van der Waals surface area contributed by atoms with Crippen LogP contribution in [0.1, 0.15) is 12.8 Å². The number of carboxylic acid groups (broad SMARTS) is 1. The molecule has 4 heterocycles. The molecule has 0 aliphatic carbocycles. The fraction of sp³-hybridized carbons (Fsp3) is 0.967. The SMILES string of the molecule is NCCCC(C(N)(C(=O)O)[C@@]1(CO)O[C@@H](O[C@H]2[C@H](O)C(O)C(O)O[C@@H]2CO)[C@H](O)[C@@H](O)[C@H]1O)[C@@]1(CO)O[C@@H](O[C@H]2[C@H](O)C(O)C(O)O[C@@H]2CO)[C@H](O)[C@@H](O)[C@H]1O. The summed E-state index contributed by atoms with van der Waals surface area (Å²) < 4.78 is 32.8. The van der Waals surface area contributed by atoms with Crippen LogP contribution in [0.25, 0.3) is 0 Å². The second kappa shape index (κ2) is 18.4. The minimum Gasteiger partial charge on any atom is -0.480 e. The summed E-state index contributed by atoms with van der Waals surface area (Å²) in [5.74, 6) is -4.56. The summed E-state index contributed by atoms with van der Waals surface area (Å²) in [5, 5.41) is 181. The highest BCUT2D eigenvalue weighted by molar-refractivity contribution is 5.82. The Morgan fingerprint density at radius 3 is 1.48 bits per heavy atom. The molecule has 6 unspecified atom stereocenters. The van der Waals surface area contributed by atoms with Gasteiger partial charge in [0.1, 0.15) is 91.1 Å². The fourth-order valence-electron chi connectivity index (χ4n) is 7.90. The molecule has 0 aromatic heterocycles. The molecule has 0 aromatic rings. The average Bonchev–Trinajstić information content (AvgIpc) is 3.18. The molecule has 4 rings (SSSR count). The molecule has 4 aliphatic rings.